The Morgan fingerprint density at radius 2 is 1.96 bits per heavy atom. The van der Waals surface area contributed by atoms with Crippen LogP contribution < -0.4 is 22.5 Å². The summed E-state index contributed by atoms with van der Waals surface area (Å²) in [6.07, 6.45) is 1.48. The van der Waals surface area contributed by atoms with Gasteiger partial charge in [0.2, 0.25) is 0 Å². The standard InChI is InChI=1S/C16H21N5O4S/c1-5-6-9-7-10(22)19-15(18-9)26-8(2)12(23)11-13(17)20(3)16(25)21(4)14(11)24/h7-8H,5-6,17H2,1-4H3,(H,18,19,22)/t8-/m1/s1. The number of nitrogens with zero attached hydrogens (tertiary/aromatic N) is 3. The van der Waals surface area contributed by atoms with E-state index >= 15 is 0 Å². The summed E-state index contributed by atoms with van der Waals surface area (Å²) in [5.41, 5.74) is 4.55. The van der Waals surface area contributed by atoms with Gasteiger partial charge in [-0.2, -0.15) is 0 Å². The lowest BCUT2D eigenvalue weighted by Crippen LogP contribution is -2.42. The van der Waals surface area contributed by atoms with Crippen LogP contribution in [0.1, 0.15) is 36.3 Å². The second kappa shape index (κ2) is 7.73. The van der Waals surface area contributed by atoms with Gasteiger partial charge in [-0.15, -0.1) is 0 Å². The van der Waals surface area contributed by atoms with Crippen LogP contribution >= 0.6 is 11.8 Å². The summed E-state index contributed by atoms with van der Waals surface area (Å²) in [5.74, 6) is -0.719. The molecule has 1 atom stereocenters. The summed E-state index contributed by atoms with van der Waals surface area (Å²) in [5, 5.41) is -0.440. The molecule has 0 unspecified atom stereocenters. The van der Waals surface area contributed by atoms with Gasteiger partial charge in [0.15, 0.2) is 10.9 Å². The van der Waals surface area contributed by atoms with Crippen molar-refractivity contribution in [3.63, 3.8) is 0 Å². The number of hydrogen-bond donors (Lipinski definition) is 2. The van der Waals surface area contributed by atoms with Gasteiger partial charge in [-0.1, -0.05) is 25.1 Å². The highest BCUT2D eigenvalue weighted by molar-refractivity contribution is 8.00. The van der Waals surface area contributed by atoms with Gasteiger partial charge in [-0.3, -0.25) is 23.5 Å². The van der Waals surface area contributed by atoms with Crippen molar-refractivity contribution in [1.29, 1.82) is 0 Å². The molecule has 9 nitrogen and oxygen atoms in total. The molecule has 26 heavy (non-hydrogen) atoms. The molecule has 3 N–H and O–H groups in total. The molecule has 0 aliphatic heterocycles. The number of aromatic nitrogens is 4. The monoisotopic (exact) mass is 379 g/mol. The van der Waals surface area contributed by atoms with Gasteiger partial charge >= 0.3 is 5.69 Å². The van der Waals surface area contributed by atoms with Gasteiger partial charge < -0.3 is 10.7 Å². The number of ketones is 1. The first-order valence-corrected chi connectivity index (χ1v) is 8.91. The third kappa shape index (κ3) is 3.79. The molecule has 2 rings (SSSR count). The predicted molar refractivity (Wildman–Crippen MR) is 99.8 cm³/mol. The van der Waals surface area contributed by atoms with Crippen molar-refractivity contribution in [1.82, 2.24) is 19.1 Å². The fraction of sp³-hybridized carbons (Fsp3) is 0.438. The third-order valence-corrected chi connectivity index (χ3v) is 4.88. The van der Waals surface area contributed by atoms with E-state index in [9.17, 15) is 19.2 Å². The molecular weight excluding hydrogens is 358 g/mol. The number of rotatable bonds is 6. The first-order chi connectivity index (χ1) is 12.2. The number of aryl methyl sites for hydroxylation is 1. The maximum atomic E-state index is 12.8. The Kier molecular flexibility index (Phi) is 5.86. The average Bonchev–Trinajstić information content (AvgIpc) is 2.58. The molecule has 0 amide bonds. The van der Waals surface area contributed by atoms with Crippen LogP contribution in [0.2, 0.25) is 0 Å². The topological polar surface area (TPSA) is 133 Å². The fourth-order valence-corrected chi connectivity index (χ4v) is 3.33. The van der Waals surface area contributed by atoms with Crippen molar-refractivity contribution < 1.29 is 4.79 Å². The average molecular weight is 379 g/mol. The van der Waals surface area contributed by atoms with Crippen LogP contribution in [0.15, 0.2) is 25.6 Å². The van der Waals surface area contributed by atoms with Crippen LogP contribution in [-0.4, -0.2) is 30.1 Å². The number of carbonyl (C=O) groups is 1. The number of H-pyrrole nitrogens is 1. The summed E-state index contributed by atoms with van der Waals surface area (Å²) < 4.78 is 1.89. The van der Waals surface area contributed by atoms with Crippen molar-refractivity contribution >= 4 is 23.4 Å². The van der Waals surface area contributed by atoms with E-state index in [0.717, 1.165) is 27.3 Å². The molecule has 0 saturated heterocycles. The molecule has 10 heteroatoms. The molecule has 0 aliphatic rings. The number of nitrogens with one attached hydrogen (secondary N) is 1. The maximum Gasteiger partial charge on any atom is 0.332 e. The molecule has 0 spiro atoms. The second-order valence-electron chi connectivity index (χ2n) is 5.88. The highest BCUT2D eigenvalue weighted by Gasteiger charge is 2.26. The molecule has 0 bridgehead atoms. The first kappa shape index (κ1) is 19.7. The zero-order valence-electron chi connectivity index (χ0n) is 15.0. The number of thioether (sulfide) groups is 1. The van der Waals surface area contributed by atoms with Gasteiger partial charge in [-0.25, -0.2) is 9.78 Å². The Hall–Kier alpha value is -2.62. The molecule has 2 aromatic heterocycles. The Balaban J connectivity index is 2.39. The molecule has 0 aliphatic carbocycles. The van der Waals surface area contributed by atoms with Crippen molar-refractivity contribution in [3.05, 3.63) is 48.5 Å². The summed E-state index contributed by atoms with van der Waals surface area (Å²) in [7, 11) is 2.67. The van der Waals surface area contributed by atoms with E-state index in [1.807, 2.05) is 6.92 Å². The van der Waals surface area contributed by atoms with E-state index in [4.69, 9.17) is 5.73 Å². The van der Waals surface area contributed by atoms with E-state index in [0.29, 0.717) is 17.3 Å². The van der Waals surface area contributed by atoms with E-state index in [1.54, 1.807) is 6.92 Å². The second-order valence-corrected chi connectivity index (χ2v) is 7.21. The van der Waals surface area contributed by atoms with Crippen LogP contribution in [0.25, 0.3) is 0 Å². The smallest absolute Gasteiger partial charge is 0.332 e. The number of carbonyl (C=O) groups excluding carboxylic acids is 1. The fourth-order valence-electron chi connectivity index (χ4n) is 2.44. The largest absolute Gasteiger partial charge is 0.384 e. The number of aromatic amines is 1. The van der Waals surface area contributed by atoms with Gasteiger partial charge in [0.25, 0.3) is 11.1 Å². The lowest BCUT2D eigenvalue weighted by Gasteiger charge is -2.14. The maximum absolute atomic E-state index is 12.8. The molecule has 0 saturated carbocycles. The Bertz CT molecular complexity index is 1020. The summed E-state index contributed by atoms with van der Waals surface area (Å²) in [6.45, 7) is 3.56. The van der Waals surface area contributed by atoms with Crippen molar-refractivity contribution in [2.24, 2.45) is 14.1 Å². The van der Waals surface area contributed by atoms with Crippen molar-refractivity contribution in [2.45, 2.75) is 37.1 Å². The molecule has 140 valence electrons. The highest BCUT2D eigenvalue weighted by Crippen LogP contribution is 2.22. The van der Waals surface area contributed by atoms with E-state index in [-0.39, 0.29) is 16.9 Å². The number of anilines is 1. The summed E-state index contributed by atoms with van der Waals surface area (Å²) in [4.78, 5) is 55.6. The Morgan fingerprint density at radius 3 is 2.58 bits per heavy atom. The van der Waals surface area contributed by atoms with Gasteiger partial charge in [0, 0.05) is 25.9 Å². The van der Waals surface area contributed by atoms with Crippen molar-refractivity contribution in [2.75, 3.05) is 5.73 Å². The van der Waals surface area contributed by atoms with Gasteiger partial charge in [0.05, 0.1) is 5.25 Å². The molecule has 2 heterocycles. The number of nitrogens with two attached hydrogens (primary N) is 1. The zero-order valence-corrected chi connectivity index (χ0v) is 15.8. The Morgan fingerprint density at radius 1 is 1.31 bits per heavy atom. The first-order valence-electron chi connectivity index (χ1n) is 8.04. The number of Topliss-reactive ketones (excluding diaryl/α,β-unsaturated/α-hetero) is 1. The molecule has 2 aromatic rings. The minimum absolute atomic E-state index is 0.184. The Labute approximate surface area is 153 Å². The molecule has 0 aromatic carbocycles. The van der Waals surface area contributed by atoms with Crippen LogP contribution in [0.3, 0.4) is 0 Å². The van der Waals surface area contributed by atoms with Crippen LogP contribution in [0.4, 0.5) is 5.82 Å². The highest BCUT2D eigenvalue weighted by atomic mass is 32.2. The van der Waals surface area contributed by atoms with Gasteiger partial charge in [-0.05, 0) is 13.3 Å². The number of nitrogen functional groups attached to an aromatic ring is 1. The van der Waals surface area contributed by atoms with Gasteiger partial charge in [0.1, 0.15) is 11.4 Å². The molecule has 0 fully saturated rings. The summed E-state index contributed by atoms with van der Waals surface area (Å²) >= 11 is 1.03. The lowest BCUT2D eigenvalue weighted by atomic mass is 10.1. The van der Waals surface area contributed by atoms with E-state index in [2.05, 4.69) is 9.97 Å². The predicted octanol–water partition coefficient (Wildman–Crippen LogP) is 0.0655. The minimum Gasteiger partial charge on any atom is -0.384 e. The zero-order chi connectivity index (χ0) is 19.6. The molecule has 0 radical (unpaired) electrons. The lowest BCUT2D eigenvalue weighted by molar-refractivity contribution is 0.0992. The van der Waals surface area contributed by atoms with Crippen molar-refractivity contribution in [3.8, 4) is 0 Å². The van der Waals surface area contributed by atoms with E-state index < -0.39 is 22.3 Å². The van der Waals surface area contributed by atoms with Crippen LogP contribution in [-0.2, 0) is 20.5 Å². The molecular formula is C16H21N5O4S. The number of hydrogen-bond acceptors (Lipinski definition) is 7. The minimum atomic E-state index is -0.746. The van der Waals surface area contributed by atoms with Crippen LogP contribution in [0.5, 0.6) is 0 Å². The van der Waals surface area contributed by atoms with E-state index in [1.165, 1.54) is 20.2 Å². The normalized spacial score (nSPS) is 12.2. The SMILES string of the molecule is CCCc1cc(=O)[nH]c(S[C@H](C)C(=O)c2c(N)n(C)c(=O)n(C)c2=O)n1. The summed E-state index contributed by atoms with van der Waals surface area (Å²) in [6, 6.07) is 1.42. The third-order valence-electron chi connectivity index (χ3n) is 3.89. The quantitative estimate of drug-likeness (QED) is 0.412. The van der Waals surface area contributed by atoms with Crippen LogP contribution in [0, 0.1) is 0 Å².